The second-order valence-electron chi connectivity index (χ2n) is 6.14. The monoisotopic (exact) mass is 398 g/mol. The van der Waals surface area contributed by atoms with Gasteiger partial charge in [-0.3, -0.25) is 4.99 Å². The van der Waals surface area contributed by atoms with Crippen LogP contribution >= 0.6 is 0 Å². The van der Waals surface area contributed by atoms with Gasteiger partial charge in [0, 0.05) is 38.9 Å². The molecule has 0 saturated heterocycles. The molecule has 0 bridgehead atoms. The van der Waals surface area contributed by atoms with E-state index in [4.69, 9.17) is 4.74 Å². The van der Waals surface area contributed by atoms with Gasteiger partial charge in [-0.2, -0.15) is 13.2 Å². The van der Waals surface area contributed by atoms with Crippen LogP contribution in [0.4, 0.5) is 13.2 Å². The lowest BCUT2D eigenvalue weighted by atomic mass is 10.1. The van der Waals surface area contributed by atoms with Gasteiger partial charge in [-0.25, -0.2) is 0 Å². The van der Waals surface area contributed by atoms with E-state index in [1.165, 1.54) is 6.07 Å². The Bertz CT molecular complexity index is 665. The molecule has 0 heterocycles. The van der Waals surface area contributed by atoms with Crippen molar-refractivity contribution in [3.63, 3.8) is 0 Å². The van der Waals surface area contributed by atoms with Crippen LogP contribution in [0.15, 0.2) is 29.3 Å². The molecule has 0 fully saturated rings. The van der Waals surface area contributed by atoms with Crippen molar-refractivity contribution in [3.8, 4) is 11.8 Å². The Morgan fingerprint density at radius 1 is 1.25 bits per heavy atom. The summed E-state index contributed by atoms with van der Waals surface area (Å²) in [6.45, 7) is 6.07. The fourth-order valence-corrected chi connectivity index (χ4v) is 2.31. The number of hydrogen-bond acceptors (Lipinski definition) is 3. The highest BCUT2D eigenvalue weighted by Crippen LogP contribution is 2.29. The number of nitrogens with one attached hydrogen (secondary N) is 2. The largest absolute Gasteiger partial charge is 0.416 e. The maximum absolute atomic E-state index is 12.7. The average Bonchev–Trinajstić information content (AvgIpc) is 2.65. The first-order valence-electron chi connectivity index (χ1n) is 9.22. The summed E-state index contributed by atoms with van der Waals surface area (Å²) in [4.78, 5) is 6.66. The molecule has 5 nitrogen and oxygen atoms in total. The highest BCUT2D eigenvalue weighted by molar-refractivity contribution is 5.80. The minimum absolute atomic E-state index is 0.283. The van der Waals surface area contributed by atoms with Gasteiger partial charge < -0.3 is 20.3 Å². The standard InChI is InChI=1S/C20H29F3N4O/c1-4-24-19(26-12-14-27(2)13-7-15-28-3)25-11-6-9-17-8-5-10-18(16-17)20(21,22)23/h5,8,10,16H,4,7,11-15H2,1-3H3,(H2,24,25,26). The Kier molecular flexibility index (Phi) is 11.1. The van der Waals surface area contributed by atoms with Crippen LogP contribution in [-0.4, -0.2) is 64.3 Å². The van der Waals surface area contributed by atoms with E-state index in [9.17, 15) is 13.2 Å². The lowest BCUT2D eigenvalue weighted by molar-refractivity contribution is -0.137. The van der Waals surface area contributed by atoms with Crippen LogP contribution in [0, 0.1) is 11.8 Å². The molecule has 1 aromatic rings. The molecule has 0 saturated carbocycles. The van der Waals surface area contributed by atoms with E-state index in [-0.39, 0.29) is 6.54 Å². The molecular weight excluding hydrogens is 369 g/mol. The van der Waals surface area contributed by atoms with Gasteiger partial charge in [0.05, 0.1) is 18.7 Å². The molecule has 8 heteroatoms. The molecule has 156 valence electrons. The number of hydrogen-bond donors (Lipinski definition) is 2. The summed E-state index contributed by atoms with van der Waals surface area (Å²) in [5, 5.41) is 6.19. The van der Waals surface area contributed by atoms with Crippen LogP contribution < -0.4 is 10.6 Å². The number of guanidine groups is 1. The second kappa shape index (κ2) is 13.0. The highest BCUT2D eigenvalue weighted by atomic mass is 19.4. The normalized spacial score (nSPS) is 11.9. The topological polar surface area (TPSA) is 48.9 Å². The Labute approximate surface area is 165 Å². The van der Waals surface area contributed by atoms with Gasteiger partial charge in [0.25, 0.3) is 0 Å². The third-order valence-electron chi connectivity index (χ3n) is 3.75. The van der Waals surface area contributed by atoms with E-state index in [1.807, 2.05) is 14.0 Å². The van der Waals surface area contributed by atoms with Gasteiger partial charge >= 0.3 is 6.18 Å². The molecule has 0 aliphatic heterocycles. The molecule has 0 amide bonds. The number of aliphatic imine (C=N–C) groups is 1. The highest BCUT2D eigenvalue weighted by Gasteiger charge is 2.30. The average molecular weight is 398 g/mol. The van der Waals surface area contributed by atoms with Gasteiger partial charge in [0.1, 0.15) is 0 Å². The molecule has 0 spiro atoms. The van der Waals surface area contributed by atoms with E-state index in [0.29, 0.717) is 24.6 Å². The maximum Gasteiger partial charge on any atom is 0.416 e. The van der Waals surface area contributed by atoms with E-state index < -0.39 is 11.7 Å². The molecule has 0 radical (unpaired) electrons. The van der Waals surface area contributed by atoms with Gasteiger partial charge in [0.2, 0.25) is 0 Å². The minimum atomic E-state index is -4.36. The zero-order valence-corrected chi connectivity index (χ0v) is 16.7. The summed E-state index contributed by atoms with van der Waals surface area (Å²) >= 11 is 0. The molecule has 1 rings (SSSR count). The van der Waals surface area contributed by atoms with Crippen molar-refractivity contribution in [2.45, 2.75) is 19.5 Å². The molecule has 0 aliphatic carbocycles. The number of ether oxygens (including phenoxy) is 1. The summed E-state index contributed by atoms with van der Waals surface area (Å²) in [5.41, 5.74) is -0.368. The number of benzene rings is 1. The smallest absolute Gasteiger partial charge is 0.385 e. The first kappa shape index (κ1) is 23.8. The van der Waals surface area contributed by atoms with Crippen LogP contribution in [0.2, 0.25) is 0 Å². The Morgan fingerprint density at radius 2 is 2.04 bits per heavy atom. The van der Waals surface area contributed by atoms with Crippen molar-refractivity contribution in [2.24, 2.45) is 4.99 Å². The van der Waals surface area contributed by atoms with Crippen LogP contribution in [0.1, 0.15) is 24.5 Å². The lowest BCUT2D eigenvalue weighted by Gasteiger charge is -2.15. The molecular formula is C20H29F3N4O. The number of nitrogens with zero attached hydrogens (tertiary/aromatic N) is 2. The SMILES string of the molecule is CCNC(=NCCN(C)CCCOC)NCC#Cc1cccc(C(F)(F)F)c1. The van der Waals surface area contributed by atoms with Crippen molar-refractivity contribution in [3.05, 3.63) is 35.4 Å². The van der Waals surface area contributed by atoms with Crippen molar-refractivity contribution in [1.82, 2.24) is 15.5 Å². The first-order chi connectivity index (χ1) is 13.4. The number of halogens is 3. The van der Waals surface area contributed by atoms with Gasteiger partial charge in [-0.1, -0.05) is 17.9 Å². The maximum atomic E-state index is 12.7. The molecule has 2 N–H and O–H groups in total. The van der Waals surface area contributed by atoms with Gasteiger partial charge in [0.15, 0.2) is 5.96 Å². The summed E-state index contributed by atoms with van der Waals surface area (Å²) < 4.78 is 43.2. The van der Waals surface area contributed by atoms with Crippen LogP contribution in [0.5, 0.6) is 0 Å². The summed E-state index contributed by atoms with van der Waals surface area (Å²) in [6, 6.07) is 4.99. The van der Waals surface area contributed by atoms with E-state index >= 15 is 0 Å². The van der Waals surface area contributed by atoms with E-state index in [0.717, 1.165) is 38.2 Å². The fourth-order valence-electron chi connectivity index (χ4n) is 2.31. The summed E-state index contributed by atoms with van der Waals surface area (Å²) in [5.74, 6) is 6.20. The second-order valence-corrected chi connectivity index (χ2v) is 6.14. The lowest BCUT2D eigenvalue weighted by Crippen LogP contribution is -2.38. The predicted octanol–water partition coefficient (Wildman–Crippen LogP) is 2.58. The van der Waals surface area contributed by atoms with Gasteiger partial charge in [-0.05, 0) is 38.6 Å². The zero-order valence-electron chi connectivity index (χ0n) is 16.7. The number of likely N-dealkylation sites (N-methyl/N-ethyl adjacent to an activating group) is 1. The van der Waals surface area contributed by atoms with Crippen LogP contribution in [0.25, 0.3) is 0 Å². The van der Waals surface area contributed by atoms with Crippen LogP contribution in [0.3, 0.4) is 0 Å². The Morgan fingerprint density at radius 3 is 2.71 bits per heavy atom. The molecule has 0 aliphatic rings. The Hall–Kier alpha value is -2.24. The van der Waals surface area contributed by atoms with Gasteiger partial charge in [-0.15, -0.1) is 0 Å². The van der Waals surface area contributed by atoms with Crippen molar-refractivity contribution < 1.29 is 17.9 Å². The molecule has 1 aromatic carbocycles. The predicted molar refractivity (Wildman–Crippen MR) is 106 cm³/mol. The summed E-state index contributed by atoms with van der Waals surface area (Å²) in [6.07, 6.45) is -3.39. The number of methoxy groups -OCH3 is 1. The van der Waals surface area contributed by atoms with Crippen molar-refractivity contribution in [1.29, 1.82) is 0 Å². The Balaban J connectivity index is 2.50. The molecule has 0 unspecified atom stereocenters. The van der Waals surface area contributed by atoms with Crippen molar-refractivity contribution in [2.75, 3.05) is 53.5 Å². The third kappa shape index (κ3) is 10.2. The first-order valence-corrected chi connectivity index (χ1v) is 9.22. The fraction of sp³-hybridized carbons (Fsp3) is 0.550. The number of rotatable bonds is 9. The van der Waals surface area contributed by atoms with E-state index in [1.54, 1.807) is 13.2 Å². The quantitative estimate of drug-likeness (QED) is 0.291. The molecule has 0 aromatic heterocycles. The third-order valence-corrected chi connectivity index (χ3v) is 3.75. The van der Waals surface area contributed by atoms with E-state index in [2.05, 4.69) is 32.4 Å². The zero-order chi connectivity index (χ0) is 20.8. The minimum Gasteiger partial charge on any atom is -0.385 e. The van der Waals surface area contributed by atoms with Crippen molar-refractivity contribution >= 4 is 5.96 Å². The summed E-state index contributed by atoms with van der Waals surface area (Å²) in [7, 11) is 3.72. The molecule has 28 heavy (non-hydrogen) atoms. The van der Waals surface area contributed by atoms with Crippen LogP contribution in [-0.2, 0) is 10.9 Å². The molecule has 0 atom stereocenters. The number of alkyl halides is 3.